The van der Waals surface area contributed by atoms with Gasteiger partial charge in [0.25, 0.3) is 0 Å². The van der Waals surface area contributed by atoms with Crippen LogP contribution in [0.1, 0.15) is 18.4 Å². The van der Waals surface area contributed by atoms with Crippen molar-refractivity contribution in [1.29, 1.82) is 0 Å². The van der Waals surface area contributed by atoms with Gasteiger partial charge in [-0.2, -0.15) is 0 Å². The molecule has 2 bridgehead atoms. The zero-order chi connectivity index (χ0) is 13.4. The van der Waals surface area contributed by atoms with Crippen molar-refractivity contribution in [1.82, 2.24) is 4.90 Å². The predicted octanol–water partition coefficient (Wildman–Crippen LogP) is 2.04. The number of fused-ring (bicyclic) bond motifs is 3. The minimum atomic E-state index is 0.0975. The maximum Gasteiger partial charge on any atom is 0.182 e. The van der Waals surface area contributed by atoms with Gasteiger partial charge in [-0.1, -0.05) is 6.07 Å². The fourth-order valence-electron chi connectivity index (χ4n) is 2.86. The molecule has 0 saturated carbocycles. The Morgan fingerprint density at radius 3 is 2.68 bits per heavy atom. The van der Waals surface area contributed by atoms with E-state index >= 15 is 0 Å². The first-order valence-corrected chi connectivity index (χ1v) is 6.57. The van der Waals surface area contributed by atoms with E-state index in [9.17, 15) is 9.90 Å². The Labute approximate surface area is 112 Å². The van der Waals surface area contributed by atoms with Gasteiger partial charge < -0.3 is 14.7 Å². The summed E-state index contributed by atoms with van der Waals surface area (Å²) >= 11 is 0. The summed E-state index contributed by atoms with van der Waals surface area (Å²) in [5.74, 6) is 0.982. The summed E-state index contributed by atoms with van der Waals surface area (Å²) in [5.41, 5.74) is 1.61. The molecule has 3 heterocycles. The Balaban J connectivity index is 1.93. The topological polar surface area (TPSA) is 49.8 Å². The molecule has 0 radical (unpaired) electrons. The van der Waals surface area contributed by atoms with Crippen LogP contribution in [0.5, 0.6) is 11.5 Å². The quantitative estimate of drug-likeness (QED) is 0.826. The first-order valence-electron chi connectivity index (χ1n) is 6.57. The average Bonchev–Trinajstić information content (AvgIpc) is 2.43. The SMILES string of the molecule is COc1ccc(C=C2C(=O)C3CCN2CC3)cc1O. The lowest BCUT2D eigenvalue weighted by atomic mass is 9.84. The van der Waals surface area contributed by atoms with Gasteiger partial charge >= 0.3 is 0 Å². The third kappa shape index (κ3) is 2.07. The number of ether oxygens (including phenoxy) is 1. The van der Waals surface area contributed by atoms with Crippen LogP contribution in [0.4, 0.5) is 0 Å². The molecule has 3 aliphatic heterocycles. The first-order chi connectivity index (χ1) is 9.19. The number of benzene rings is 1. The fraction of sp³-hybridized carbons (Fsp3) is 0.400. The predicted molar refractivity (Wildman–Crippen MR) is 71.9 cm³/mol. The highest BCUT2D eigenvalue weighted by molar-refractivity contribution is 6.01. The maximum absolute atomic E-state index is 12.2. The number of phenols is 1. The molecule has 4 heteroatoms. The van der Waals surface area contributed by atoms with Crippen LogP contribution >= 0.6 is 0 Å². The lowest BCUT2D eigenvalue weighted by Crippen LogP contribution is -2.45. The van der Waals surface area contributed by atoms with Crippen LogP contribution in [-0.4, -0.2) is 36.0 Å². The number of carbonyl (C=O) groups is 1. The molecule has 0 aromatic heterocycles. The molecule has 3 saturated heterocycles. The number of phenolic OH excluding ortho intramolecular Hbond substituents is 1. The van der Waals surface area contributed by atoms with Crippen molar-refractivity contribution >= 4 is 11.9 Å². The Kier molecular flexibility index (Phi) is 2.93. The van der Waals surface area contributed by atoms with Gasteiger partial charge in [0.15, 0.2) is 17.3 Å². The minimum absolute atomic E-state index is 0.0975. The number of allylic oxidation sites excluding steroid dienone is 1. The van der Waals surface area contributed by atoms with Crippen molar-refractivity contribution in [2.75, 3.05) is 20.2 Å². The van der Waals surface area contributed by atoms with Crippen LogP contribution in [0.2, 0.25) is 0 Å². The second-order valence-electron chi connectivity index (χ2n) is 5.09. The van der Waals surface area contributed by atoms with Gasteiger partial charge in [0.1, 0.15) is 0 Å². The molecule has 0 atom stereocenters. The number of hydrogen-bond donors (Lipinski definition) is 1. The molecule has 0 unspecified atom stereocenters. The third-order valence-corrected chi connectivity index (χ3v) is 3.97. The maximum atomic E-state index is 12.2. The second kappa shape index (κ2) is 4.61. The summed E-state index contributed by atoms with van der Waals surface area (Å²) in [4.78, 5) is 14.3. The Morgan fingerprint density at radius 1 is 1.37 bits per heavy atom. The fourth-order valence-corrected chi connectivity index (χ4v) is 2.86. The zero-order valence-electron chi connectivity index (χ0n) is 10.9. The summed E-state index contributed by atoms with van der Waals surface area (Å²) in [6.45, 7) is 1.93. The molecule has 1 N–H and O–H groups in total. The molecule has 19 heavy (non-hydrogen) atoms. The number of Topliss-reactive ketones (excluding diaryl/α,β-unsaturated/α-hetero) is 1. The standard InChI is InChI=1S/C15H17NO3/c1-19-14-3-2-10(9-13(14)17)8-12-15(18)11-4-6-16(12)7-5-11/h2-3,8-9,11,17H,4-7H2,1H3. The molecule has 100 valence electrons. The lowest BCUT2D eigenvalue weighted by molar-refractivity contribution is -0.125. The average molecular weight is 259 g/mol. The molecule has 4 nitrogen and oxygen atoms in total. The lowest BCUT2D eigenvalue weighted by Gasteiger charge is -2.41. The van der Waals surface area contributed by atoms with Crippen LogP contribution < -0.4 is 4.74 Å². The van der Waals surface area contributed by atoms with Crippen molar-refractivity contribution < 1.29 is 14.6 Å². The van der Waals surface area contributed by atoms with E-state index in [4.69, 9.17) is 4.74 Å². The van der Waals surface area contributed by atoms with Crippen molar-refractivity contribution in [3.8, 4) is 11.5 Å². The molecule has 3 aliphatic rings. The van der Waals surface area contributed by atoms with E-state index in [-0.39, 0.29) is 17.5 Å². The number of ketones is 1. The van der Waals surface area contributed by atoms with E-state index in [1.165, 1.54) is 7.11 Å². The molecule has 4 rings (SSSR count). The third-order valence-electron chi connectivity index (χ3n) is 3.97. The van der Waals surface area contributed by atoms with E-state index in [0.717, 1.165) is 37.2 Å². The zero-order valence-corrected chi connectivity index (χ0v) is 10.9. The summed E-state index contributed by atoms with van der Waals surface area (Å²) < 4.78 is 5.01. The molecule has 0 spiro atoms. The van der Waals surface area contributed by atoms with Gasteiger partial charge in [-0.3, -0.25) is 4.79 Å². The summed E-state index contributed by atoms with van der Waals surface area (Å²) in [6, 6.07) is 5.19. The van der Waals surface area contributed by atoms with E-state index in [2.05, 4.69) is 4.90 Å². The van der Waals surface area contributed by atoms with Gasteiger partial charge in [-0.15, -0.1) is 0 Å². The van der Waals surface area contributed by atoms with Crippen LogP contribution in [0.15, 0.2) is 23.9 Å². The van der Waals surface area contributed by atoms with Gasteiger partial charge in [-0.05, 0) is 36.6 Å². The van der Waals surface area contributed by atoms with Gasteiger partial charge in [-0.25, -0.2) is 0 Å². The van der Waals surface area contributed by atoms with Crippen LogP contribution in [0, 0.1) is 5.92 Å². The second-order valence-corrected chi connectivity index (χ2v) is 5.09. The van der Waals surface area contributed by atoms with E-state index in [0.29, 0.717) is 5.75 Å². The highest BCUT2D eigenvalue weighted by Crippen LogP contribution is 2.33. The number of nitrogens with zero attached hydrogens (tertiary/aromatic N) is 1. The Morgan fingerprint density at radius 2 is 2.11 bits per heavy atom. The van der Waals surface area contributed by atoms with Gasteiger partial charge in [0, 0.05) is 19.0 Å². The van der Waals surface area contributed by atoms with Crippen LogP contribution in [0.25, 0.3) is 6.08 Å². The van der Waals surface area contributed by atoms with Crippen molar-refractivity contribution in [2.24, 2.45) is 5.92 Å². The Bertz CT molecular complexity index is 542. The minimum Gasteiger partial charge on any atom is -0.504 e. The Hall–Kier alpha value is -1.97. The summed E-state index contributed by atoms with van der Waals surface area (Å²) in [5, 5.41) is 9.77. The monoisotopic (exact) mass is 259 g/mol. The number of hydrogen-bond acceptors (Lipinski definition) is 4. The molecule has 1 aromatic carbocycles. The largest absolute Gasteiger partial charge is 0.504 e. The highest BCUT2D eigenvalue weighted by atomic mass is 16.5. The summed E-state index contributed by atoms with van der Waals surface area (Å²) in [6.07, 6.45) is 3.82. The molecular weight excluding hydrogens is 242 g/mol. The van der Waals surface area contributed by atoms with Crippen LogP contribution in [-0.2, 0) is 4.79 Å². The number of carbonyl (C=O) groups excluding carboxylic acids is 1. The number of rotatable bonds is 2. The van der Waals surface area contributed by atoms with E-state index in [1.54, 1.807) is 12.1 Å². The van der Waals surface area contributed by atoms with Crippen molar-refractivity contribution in [3.05, 3.63) is 29.5 Å². The van der Waals surface area contributed by atoms with Gasteiger partial charge in [0.2, 0.25) is 0 Å². The van der Waals surface area contributed by atoms with Crippen molar-refractivity contribution in [3.63, 3.8) is 0 Å². The van der Waals surface area contributed by atoms with Crippen LogP contribution in [0.3, 0.4) is 0 Å². The summed E-state index contributed by atoms with van der Waals surface area (Å²) in [7, 11) is 1.52. The van der Waals surface area contributed by atoms with Gasteiger partial charge in [0.05, 0.1) is 12.8 Å². The number of aromatic hydroxyl groups is 1. The first kappa shape index (κ1) is 12.1. The molecule has 0 aliphatic carbocycles. The number of piperidine rings is 3. The van der Waals surface area contributed by atoms with E-state index < -0.39 is 0 Å². The number of methoxy groups -OCH3 is 1. The highest BCUT2D eigenvalue weighted by Gasteiger charge is 2.36. The normalized spacial score (nSPS) is 21.2. The molecular formula is C15H17NO3. The molecule has 1 aromatic rings. The van der Waals surface area contributed by atoms with Crippen molar-refractivity contribution in [2.45, 2.75) is 12.8 Å². The molecule has 0 amide bonds. The smallest absolute Gasteiger partial charge is 0.182 e. The van der Waals surface area contributed by atoms with E-state index in [1.807, 2.05) is 12.1 Å². The molecule has 3 fully saturated rings.